The van der Waals surface area contributed by atoms with Crippen LogP contribution in [0.3, 0.4) is 0 Å². The first kappa shape index (κ1) is 14.3. The van der Waals surface area contributed by atoms with Crippen LogP contribution in [0.4, 0.5) is 0 Å². The van der Waals surface area contributed by atoms with Crippen LogP contribution < -0.4 is 5.32 Å². The monoisotopic (exact) mass is 238 g/mol. The first-order chi connectivity index (χ1) is 8.18. The molecule has 1 N–H and O–H groups in total. The minimum atomic E-state index is 0.749. The second kappa shape index (κ2) is 8.31. The van der Waals surface area contributed by atoms with Crippen LogP contribution in [0.5, 0.6) is 0 Å². The number of nitrogens with zero attached hydrogens (tertiary/aromatic N) is 1. The molecule has 17 heavy (non-hydrogen) atoms. The van der Waals surface area contributed by atoms with E-state index in [0.717, 1.165) is 32.1 Å². The fourth-order valence-corrected chi connectivity index (χ4v) is 1.80. The normalized spacial score (nSPS) is 11.6. The lowest BCUT2D eigenvalue weighted by atomic mass is 10.2. The molecule has 0 aliphatic rings. The van der Waals surface area contributed by atoms with Crippen LogP contribution >= 0.6 is 0 Å². The van der Waals surface area contributed by atoms with Crippen LogP contribution in [0.2, 0.25) is 0 Å². The third-order valence-electron chi connectivity index (χ3n) is 2.73. The molecular formula is C14H26N2O. The quantitative estimate of drug-likeness (QED) is 0.671. The van der Waals surface area contributed by atoms with E-state index < -0.39 is 0 Å². The van der Waals surface area contributed by atoms with E-state index in [2.05, 4.69) is 31.1 Å². The molecule has 0 saturated carbocycles. The van der Waals surface area contributed by atoms with Crippen LogP contribution in [-0.2, 0) is 6.54 Å². The van der Waals surface area contributed by atoms with E-state index in [1.165, 1.54) is 18.4 Å². The van der Waals surface area contributed by atoms with Crippen LogP contribution in [0.25, 0.3) is 0 Å². The summed E-state index contributed by atoms with van der Waals surface area (Å²) in [4.78, 5) is 2.34. The van der Waals surface area contributed by atoms with Gasteiger partial charge >= 0.3 is 0 Å². The van der Waals surface area contributed by atoms with E-state index in [1.807, 2.05) is 12.3 Å². The van der Waals surface area contributed by atoms with Crippen LogP contribution in [0, 0.1) is 5.92 Å². The van der Waals surface area contributed by atoms with Crippen molar-refractivity contribution in [2.45, 2.75) is 33.2 Å². The van der Waals surface area contributed by atoms with Crippen molar-refractivity contribution in [3.63, 3.8) is 0 Å². The number of hydrogen-bond acceptors (Lipinski definition) is 3. The Morgan fingerprint density at radius 3 is 2.82 bits per heavy atom. The van der Waals surface area contributed by atoms with Crippen LogP contribution in [0.1, 0.15) is 32.3 Å². The molecule has 3 heteroatoms. The highest BCUT2D eigenvalue weighted by Gasteiger charge is 2.01. The molecule has 98 valence electrons. The van der Waals surface area contributed by atoms with E-state index in [-0.39, 0.29) is 0 Å². The van der Waals surface area contributed by atoms with Crippen molar-refractivity contribution in [3.05, 3.63) is 24.2 Å². The van der Waals surface area contributed by atoms with Crippen molar-refractivity contribution in [1.29, 1.82) is 0 Å². The fraction of sp³-hybridized carbons (Fsp3) is 0.714. The summed E-state index contributed by atoms with van der Waals surface area (Å²) in [6, 6.07) is 2.03. The largest absolute Gasteiger partial charge is 0.472 e. The molecule has 1 heterocycles. The Morgan fingerprint density at radius 1 is 1.35 bits per heavy atom. The molecule has 0 aliphatic heterocycles. The number of nitrogens with one attached hydrogen (secondary N) is 1. The Kier molecular flexibility index (Phi) is 6.97. The van der Waals surface area contributed by atoms with Crippen molar-refractivity contribution in [2.24, 2.45) is 5.92 Å². The molecule has 0 unspecified atom stereocenters. The molecule has 0 aromatic carbocycles. The van der Waals surface area contributed by atoms with Crippen molar-refractivity contribution < 1.29 is 4.42 Å². The van der Waals surface area contributed by atoms with Crippen molar-refractivity contribution in [3.8, 4) is 0 Å². The molecule has 0 bridgehead atoms. The summed E-state index contributed by atoms with van der Waals surface area (Å²) >= 11 is 0. The van der Waals surface area contributed by atoms with Gasteiger partial charge in [-0.15, -0.1) is 0 Å². The lowest BCUT2D eigenvalue weighted by Crippen LogP contribution is -2.23. The summed E-state index contributed by atoms with van der Waals surface area (Å²) in [5, 5.41) is 3.47. The van der Waals surface area contributed by atoms with E-state index in [9.17, 15) is 0 Å². The van der Waals surface area contributed by atoms with Crippen LogP contribution in [-0.4, -0.2) is 31.6 Å². The molecule has 0 atom stereocenters. The van der Waals surface area contributed by atoms with Gasteiger partial charge in [-0.1, -0.05) is 13.8 Å². The lowest BCUT2D eigenvalue weighted by molar-refractivity contribution is 0.316. The van der Waals surface area contributed by atoms with Gasteiger partial charge in [-0.2, -0.15) is 0 Å². The van der Waals surface area contributed by atoms with Gasteiger partial charge in [0.05, 0.1) is 12.5 Å². The van der Waals surface area contributed by atoms with E-state index >= 15 is 0 Å². The average molecular weight is 238 g/mol. The predicted octanol–water partition coefficient (Wildman–Crippen LogP) is 2.74. The second-order valence-corrected chi connectivity index (χ2v) is 5.17. The fourth-order valence-electron chi connectivity index (χ4n) is 1.80. The maximum Gasteiger partial charge on any atom is 0.0947 e. The number of rotatable bonds is 9. The van der Waals surface area contributed by atoms with Gasteiger partial charge < -0.3 is 14.6 Å². The highest BCUT2D eigenvalue weighted by molar-refractivity contribution is 5.04. The minimum absolute atomic E-state index is 0.749. The number of unbranched alkanes of at least 4 members (excludes halogenated alkanes) is 1. The molecule has 0 aliphatic carbocycles. The van der Waals surface area contributed by atoms with Gasteiger partial charge in [-0.05, 0) is 51.5 Å². The summed E-state index contributed by atoms with van der Waals surface area (Å²) in [5.41, 5.74) is 1.26. The Labute approximate surface area is 105 Å². The topological polar surface area (TPSA) is 28.4 Å². The molecule has 0 spiro atoms. The van der Waals surface area contributed by atoms with Crippen molar-refractivity contribution in [2.75, 3.05) is 26.7 Å². The summed E-state index contributed by atoms with van der Waals surface area (Å²) in [6.07, 6.45) is 6.06. The smallest absolute Gasteiger partial charge is 0.0947 e. The molecule has 1 rings (SSSR count). The minimum Gasteiger partial charge on any atom is -0.472 e. The zero-order chi connectivity index (χ0) is 12.5. The second-order valence-electron chi connectivity index (χ2n) is 5.17. The SMILES string of the molecule is CC(C)CNCCCCN(C)Cc1ccoc1. The van der Waals surface area contributed by atoms with Gasteiger partial charge in [0.1, 0.15) is 0 Å². The molecule has 1 aromatic rings. The molecule has 1 aromatic heterocycles. The predicted molar refractivity (Wildman–Crippen MR) is 72.0 cm³/mol. The van der Waals surface area contributed by atoms with Gasteiger partial charge in [0, 0.05) is 12.1 Å². The van der Waals surface area contributed by atoms with Gasteiger partial charge in [-0.3, -0.25) is 0 Å². The van der Waals surface area contributed by atoms with Crippen molar-refractivity contribution >= 4 is 0 Å². The Balaban J connectivity index is 1.95. The summed E-state index contributed by atoms with van der Waals surface area (Å²) < 4.78 is 5.06. The first-order valence-electron chi connectivity index (χ1n) is 6.59. The number of furan rings is 1. The van der Waals surface area contributed by atoms with E-state index in [0.29, 0.717) is 0 Å². The summed E-state index contributed by atoms with van der Waals surface area (Å²) in [5.74, 6) is 0.749. The zero-order valence-electron chi connectivity index (χ0n) is 11.4. The summed E-state index contributed by atoms with van der Waals surface area (Å²) in [6.45, 7) is 8.88. The lowest BCUT2D eigenvalue weighted by Gasteiger charge is -2.15. The summed E-state index contributed by atoms with van der Waals surface area (Å²) in [7, 11) is 2.16. The first-order valence-corrected chi connectivity index (χ1v) is 6.59. The molecule has 0 saturated heterocycles. The van der Waals surface area contributed by atoms with Crippen molar-refractivity contribution in [1.82, 2.24) is 10.2 Å². The molecular weight excluding hydrogens is 212 g/mol. The standard InChI is InChI=1S/C14H26N2O/c1-13(2)10-15-7-4-5-8-16(3)11-14-6-9-17-12-14/h6,9,12-13,15H,4-5,7-8,10-11H2,1-3H3. The molecule has 0 amide bonds. The molecule has 0 radical (unpaired) electrons. The van der Waals surface area contributed by atoms with E-state index in [1.54, 1.807) is 6.26 Å². The molecule has 0 fully saturated rings. The highest BCUT2D eigenvalue weighted by Crippen LogP contribution is 2.04. The van der Waals surface area contributed by atoms with Gasteiger partial charge in [0.25, 0.3) is 0 Å². The van der Waals surface area contributed by atoms with Gasteiger partial charge in [0.15, 0.2) is 0 Å². The van der Waals surface area contributed by atoms with Gasteiger partial charge in [-0.25, -0.2) is 0 Å². The maximum absolute atomic E-state index is 5.06. The average Bonchev–Trinajstić information content (AvgIpc) is 2.75. The third kappa shape index (κ3) is 7.18. The third-order valence-corrected chi connectivity index (χ3v) is 2.73. The van der Waals surface area contributed by atoms with Gasteiger partial charge in [0.2, 0.25) is 0 Å². The Morgan fingerprint density at radius 2 is 2.18 bits per heavy atom. The Hall–Kier alpha value is -0.800. The molecule has 3 nitrogen and oxygen atoms in total. The van der Waals surface area contributed by atoms with Crippen LogP contribution in [0.15, 0.2) is 23.0 Å². The highest BCUT2D eigenvalue weighted by atomic mass is 16.3. The van der Waals surface area contributed by atoms with E-state index in [4.69, 9.17) is 4.42 Å². The number of hydrogen-bond donors (Lipinski definition) is 1. The zero-order valence-corrected chi connectivity index (χ0v) is 11.4. The maximum atomic E-state index is 5.06. The Bertz CT molecular complexity index is 270.